The summed E-state index contributed by atoms with van der Waals surface area (Å²) in [7, 11) is 0. The minimum Gasteiger partial charge on any atom is -0.370 e. The summed E-state index contributed by atoms with van der Waals surface area (Å²) in [6.45, 7) is 30.5. The van der Waals surface area contributed by atoms with Crippen molar-refractivity contribution in [1.29, 1.82) is 0 Å². The first-order chi connectivity index (χ1) is 66.5. The monoisotopic (exact) mass is 2000 g/mol. The molecule has 812 valence electrons. The van der Waals surface area contributed by atoms with Crippen LogP contribution in [0.2, 0.25) is 0 Å². The Morgan fingerprint density at radius 3 is 0.610 bits per heavy atom. The van der Waals surface area contributed by atoms with Gasteiger partial charge in [0.1, 0.15) is 84.6 Å². The molecule has 0 radical (unpaired) electrons. The Balaban J connectivity index is 7.44. The number of hydrogen-bond donors (Lipinski definition) is 26. The molecule has 0 spiro atoms. The predicted molar refractivity (Wildman–Crippen MR) is 543 cm³/mol. The molecular weight excluding hydrogens is 1820 g/mol. The number of carbonyl (C=O) groups excluding carboxylic acids is 18. The van der Waals surface area contributed by atoms with Crippen LogP contribution in [0.25, 0.3) is 0 Å². The first kappa shape index (κ1) is 131. The van der Waals surface area contributed by atoms with Gasteiger partial charge < -0.3 is 131 Å². The van der Waals surface area contributed by atoms with E-state index in [4.69, 9.17) is 51.7 Å². The molecule has 35 N–H and O–H groups in total. The van der Waals surface area contributed by atoms with Crippen LogP contribution in [-0.4, -0.2) is 249 Å². The van der Waals surface area contributed by atoms with E-state index in [2.05, 4.69) is 90.5 Å². The normalized spacial score (nSPS) is 14.7. The molecule has 0 saturated heterocycles. The van der Waals surface area contributed by atoms with Crippen molar-refractivity contribution < 1.29 is 86.3 Å². The molecule has 0 aliphatic carbocycles. The fourth-order valence-electron chi connectivity index (χ4n) is 15.7. The Morgan fingerprint density at radius 2 is 0.404 bits per heavy atom. The van der Waals surface area contributed by atoms with E-state index in [1.54, 1.807) is 41.5 Å². The van der Waals surface area contributed by atoms with E-state index in [0.717, 1.165) is 0 Å². The number of hydrazine groups is 1. The van der Waals surface area contributed by atoms with Gasteiger partial charge in [-0.1, -0.05) is 117 Å². The molecular formula is C97H186N26O18. The smallest absolute Gasteiger partial charge is 0.243 e. The molecule has 0 rings (SSSR count). The zero-order chi connectivity index (χ0) is 107. The lowest BCUT2D eigenvalue weighted by Gasteiger charge is -2.30. The highest BCUT2D eigenvalue weighted by Crippen LogP contribution is 2.20. The quantitative estimate of drug-likeness (QED) is 0.0155. The summed E-state index contributed by atoms with van der Waals surface area (Å²) < 4.78 is 0. The second-order valence-electron chi connectivity index (χ2n) is 40.7. The molecule has 44 nitrogen and oxygen atoms in total. The van der Waals surface area contributed by atoms with Crippen LogP contribution in [0.1, 0.15) is 316 Å². The lowest BCUT2D eigenvalue weighted by atomic mass is 9.98. The Labute approximate surface area is 837 Å². The van der Waals surface area contributed by atoms with Gasteiger partial charge in [-0.2, -0.15) is 0 Å². The van der Waals surface area contributed by atoms with Crippen LogP contribution in [-0.2, 0) is 86.3 Å². The molecule has 0 unspecified atom stereocenters. The first-order valence-corrected chi connectivity index (χ1v) is 51.6. The van der Waals surface area contributed by atoms with Crippen LogP contribution in [0, 0.1) is 47.3 Å². The van der Waals surface area contributed by atoms with E-state index >= 15 is 0 Å². The molecule has 0 aromatic rings. The molecule has 15 atom stereocenters. The topological polar surface area (TPSA) is 746 Å². The van der Waals surface area contributed by atoms with Gasteiger partial charge in [0.2, 0.25) is 106 Å². The summed E-state index contributed by atoms with van der Waals surface area (Å²) in [5.74, 6) is -9.71. The summed E-state index contributed by atoms with van der Waals surface area (Å²) >= 11 is 0. The molecule has 0 aromatic heterocycles. The lowest BCUT2D eigenvalue weighted by Crippen LogP contribution is -2.61. The van der Waals surface area contributed by atoms with Crippen LogP contribution in [0.4, 0.5) is 0 Å². The van der Waals surface area contributed by atoms with E-state index in [1.165, 1.54) is 0 Å². The number of amides is 18. The Hall–Kier alpha value is -9.86. The summed E-state index contributed by atoms with van der Waals surface area (Å²) in [4.78, 5) is 255. The molecule has 0 heterocycles. The lowest BCUT2D eigenvalue weighted by molar-refractivity contribution is -0.137. The van der Waals surface area contributed by atoms with Crippen LogP contribution in [0.15, 0.2) is 0 Å². The van der Waals surface area contributed by atoms with Gasteiger partial charge in [-0.25, -0.2) is 5.84 Å². The van der Waals surface area contributed by atoms with Gasteiger partial charge in [-0.3, -0.25) is 91.7 Å². The maximum absolute atomic E-state index is 15.0. The van der Waals surface area contributed by atoms with Crippen molar-refractivity contribution in [2.45, 2.75) is 407 Å². The largest absolute Gasteiger partial charge is 0.370 e. The van der Waals surface area contributed by atoms with Crippen molar-refractivity contribution in [2.24, 2.45) is 99.1 Å². The van der Waals surface area contributed by atoms with Gasteiger partial charge in [0.05, 0.1) is 12.6 Å². The van der Waals surface area contributed by atoms with E-state index in [0.29, 0.717) is 116 Å². The van der Waals surface area contributed by atoms with E-state index in [-0.39, 0.29) is 182 Å². The van der Waals surface area contributed by atoms with Gasteiger partial charge in [-0.15, -0.1) is 0 Å². The molecule has 18 amide bonds. The number of hydrogen-bond acceptors (Lipinski definition) is 26. The van der Waals surface area contributed by atoms with Crippen molar-refractivity contribution in [3.05, 3.63) is 0 Å². The summed E-state index contributed by atoms with van der Waals surface area (Å²) in [5, 5.41) is 44.3. The maximum atomic E-state index is 15.0. The molecule has 44 heteroatoms. The van der Waals surface area contributed by atoms with Gasteiger partial charge in [0.25, 0.3) is 0 Å². The van der Waals surface area contributed by atoms with E-state index in [1.807, 2.05) is 69.2 Å². The number of rotatable bonds is 80. The third kappa shape index (κ3) is 59.7. The average Bonchev–Trinajstić information content (AvgIpc) is 0.850. The number of carbonyl (C=O) groups is 18. The Morgan fingerprint density at radius 1 is 0.206 bits per heavy atom. The molecule has 0 aliphatic heterocycles. The second-order valence-corrected chi connectivity index (χ2v) is 40.7. The van der Waals surface area contributed by atoms with Gasteiger partial charge >= 0.3 is 0 Å². The van der Waals surface area contributed by atoms with E-state index in [9.17, 15) is 86.3 Å². The van der Waals surface area contributed by atoms with Crippen molar-refractivity contribution in [1.82, 2.24) is 90.5 Å². The fraction of sp³-hybridized carbons (Fsp3) is 0.814. The van der Waals surface area contributed by atoms with Crippen LogP contribution < -0.4 is 142 Å². The molecule has 0 aromatic carbocycles. The maximum Gasteiger partial charge on any atom is 0.243 e. The highest BCUT2D eigenvalue weighted by Gasteiger charge is 2.40. The Bertz CT molecular complexity index is 3760. The Kier molecular flexibility index (Phi) is 69.7. The van der Waals surface area contributed by atoms with Gasteiger partial charge in [-0.05, 0) is 273 Å². The molecule has 0 saturated carbocycles. The third-order valence-electron chi connectivity index (χ3n) is 23.2. The predicted octanol–water partition coefficient (Wildman–Crippen LogP) is -0.708. The van der Waals surface area contributed by atoms with Crippen LogP contribution in [0.5, 0.6) is 0 Å². The van der Waals surface area contributed by atoms with Crippen molar-refractivity contribution in [3.8, 4) is 0 Å². The highest BCUT2D eigenvalue weighted by molar-refractivity contribution is 6.01. The van der Waals surface area contributed by atoms with Gasteiger partial charge in [0.15, 0.2) is 0 Å². The first-order valence-electron chi connectivity index (χ1n) is 51.6. The highest BCUT2D eigenvalue weighted by atomic mass is 16.2. The SMILES string of the molecule is CC(C)C[C@H](NC(=O)[C@H](CCCCN)NC(=O)[C@H](CC(C)C)NC(=O)[C@H](CC(C)C)NC(=O)[C@H](CCCCN)NC(=O)[C@H](CCCCN)NC(=O)[C@H](CC(C)C)NC(=O)[C@H](CC(C)C)NC(=O)[C@H](CCC(N)=O)NC(=O)[C@H](CC(C)C)NC(=O)[C@H](CC(C)C)NC(=O)[C@H](CCCCN)NC(=O)[C@H](CCCCN)NC(=O)[C@@H](N)CC(C)C)C(=O)N[C@@H](CCCCN)C(=O)NCC(=O)NCCCCCC(=O)NN. The van der Waals surface area contributed by atoms with Crippen LogP contribution in [0.3, 0.4) is 0 Å². The second kappa shape index (κ2) is 75.0. The molecule has 141 heavy (non-hydrogen) atoms. The minimum atomic E-state index is -1.57. The van der Waals surface area contributed by atoms with Crippen molar-refractivity contribution >= 4 is 106 Å². The number of primary amides is 1. The fourth-order valence-corrected chi connectivity index (χ4v) is 15.7. The zero-order valence-electron chi connectivity index (χ0n) is 87.6. The summed E-state index contributed by atoms with van der Waals surface area (Å²) in [5.41, 5.74) is 49.2. The molecule has 0 bridgehead atoms. The summed E-state index contributed by atoms with van der Waals surface area (Å²) in [6.07, 6.45) is 7.09. The number of nitrogens with two attached hydrogens (primary N) is 9. The third-order valence-corrected chi connectivity index (χ3v) is 23.2. The standard InChI is InChI=1S/C97H186N26O18/c1-57(2)48-65(104)83(127)109-67(33-20-26-42-99)85(129)111-69(35-22-28-44-101)87(131)117-78(54-63(13)14)96(140)122-76(52-61(9)10)94(138)115-72(39-40-80(105)124)90(134)119-79(55-64(15)16)97(141)121-74(50-59(5)6)92(136)113-68(34-21-27-43-100)86(130)112-70(36-23-29-45-102)88(132)118-77(53-62(11)12)95(139)120-75(51-60(7)8)93(137)114-71(37-24-30-46-103)89(133)116-73(49-58(3)4)91(135)110-66(32-19-25-41-98)84(128)108-56-82(126)107-47-31-17-18-38-81(125)123-106/h57-79H,17-56,98-104,106H2,1-16H3,(H2,105,124)(H,107,126)(H,108,128)(H,109,127)(H,110,135)(H,111,129)(H,112,130)(H,113,136)(H,114,137)(H,115,138)(H,116,133)(H,117,131)(H,118,132)(H,119,134)(H,120,139)(H,121,141)(H,122,140)(H,123,125)/t65-,66-,67-,68-,69-,70-,71-,72-,73-,74-,75-,76-,77-,78-,79-/m0/s1. The molecule has 0 fully saturated rings. The summed E-state index contributed by atoms with van der Waals surface area (Å²) in [6, 6.07) is -19.3. The molecule has 0 aliphatic rings. The van der Waals surface area contributed by atoms with E-state index < -0.39 is 204 Å². The van der Waals surface area contributed by atoms with Gasteiger partial charge in [0, 0.05) is 19.4 Å². The van der Waals surface area contributed by atoms with Crippen LogP contribution >= 0.6 is 0 Å². The zero-order valence-corrected chi connectivity index (χ0v) is 87.6. The number of unbranched alkanes of at least 4 members (excludes halogenated alkanes) is 8. The van der Waals surface area contributed by atoms with Crippen molar-refractivity contribution in [2.75, 3.05) is 52.4 Å². The van der Waals surface area contributed by atoms with Crippen molar-refractivity contribution in [3.63, 3.8) is 0 Å². The number of nitrogens with one attached hydrogen (secondary N) is 17. The average molecular weight is 2000 g/mol. The minimum absolute atomic E-state index is 0.00821.